The summed E-state index contributed by atoms with van der Waals surface area (Å²) < 4.78 is 5.34. The molecule has 2 aromatic rings. The second-order valence-corrected chi connectivity index (χ2v) is 6.19. The number of aryl methyl sites for hydroxylation is 2. The number of benzene rings is 2. The van der Waals surface area contributed by atoms with Gasteiger partial charge in [0.2, 0.25) is 0 Å². The van der Waals surface area contributed by atoms with Crippen LogP contribution >= 0.6 is 11.6 Å². The Morgan fingerprint density at radius 3 is 2.41 bits per heavy atom. The highest BCUT2D eigenvalue weighted by molar-refractivity contribution is 6.31. The fraction of sp³-hybridized carbons (Fsp3) is 0.316. The largest absolute Gasteiger partial charge is 0.427 e. The van der Waals surface area contributed by atoms with Gasteiger partial charge in [0.05, 0.1) is 0 Å². The van der Waals surface area contributed by atoms with Gasteiger partial charge in [-0.3, -0.25) is 4.79 Å². The van der Waals surface area contributed by atoms with Crippen LogP contribution in [-0.2, 0) is 11.2 Å². The van der Waals surface area contributed by atoms with Gasteiger partial charge in [-0.25, -0.2) is 0 Å². The number of hydrogen-bond acceptors (Lipinski definition) is 2. The molecule has 0 saturated heterocycles. The van der Waals surface area contributed by atoms with Gasteiger partial charge >= 0.3 is 5.97 Å². The van der Waals surface area contributed by atoms with Crippen molar-refractivity contribution in [3.05, 3.63) is 64.2 Å². The summed E-state index contributed by atoms with van der Waals surface area (Å²) in [5, 5.41) is 0.671. The molecule has 0 aliphatic carbocycles. The lowest BCUT2D eigenvalue weighted by Crippen LogP contribution is -2.09. The van der Waals surface area contributed by atoms with Crippen molar-refractivity contribution in [1.82, 2.24) is 0 Å². The Kier molecular flexibility index (Phi) is 5.62. The molecule has 0 N–H and O–H groups in total. The van der Waals surface area contributed by atoms with Gasteiger partial charge in [0, 0.05) is 11.4 Å². The second kappa shape index (κ2) is 7.46. The van der Waals surface area contributed by atoms with Crippen molar-refractivity contribution in [3.63, 3.8) is 0 Å². The molecule has 116 valence electrons. The molecule has 0 radical (unpaired) electrons. The molecule has 0 saturated carbocycles. The number of rotatable bonds is 5. The van der Waals surface area contributed by atoms with Crippen LogP contribution in [-0.4, -0.2) is 5.97 Å². The zero-order valence-electron chi connectivity index (χ0n) is 13.2. The highest BCUT2D eigenvalue weighted by Crippen LogP contribution is 2.21. The molecule has 0 amide bonds. The first-order valence-corrected chi connectivity index (χ1v) is 7.89. The molecule has 0 fully saturated rings. The summed E-state index contributed by atoms with van der Waals surface area (Å²) in [4.78, 5) is 11.9. The molecular formula is C19H21ClO2. The Labute approximate surface area is 137 Å². The van der Waals surface area contributed by atoms with E-state index in [0.717, 1.165) is 11.1 Å². The van der Waals surface area contributed by atoms with E-state index in [4.69, 9.17) is 16.3 Å². The Morgan fingerprint density at radius 1 is 1.14 bits per heavy atom. The summed E-state index contributed by atoms with van der Waals surface area (Å²) in [5.74, 6) is 0.837. The standard InChI is InChI=1S/C19H21ClO2/c1-13(2)16-7-4-15(5-8-16)6-11-19(21)22-17-9-10-18(20)14(3)12-17/h4-5,7-10,12-13H,6,11H2,1-3H3. The van der Waals surface area contributed by atoms with Gasteiger partial charge in [-0.1, -0.05) is 49.7 Å². The van der Waals surface area contributed by atoms with Crippen LogP contribution in [0.3, 0.4) is 0 Å². The number of esters is 1. The predicted molar refractivity (Wildman–Crippen MR) is 90.7 cm³/mol. The smallest absolute Gasteiger partial charge is 0.311 e. The second-order valence-electron chi connectivity index (χ2n) is 5.78. The van der Waals surface area contributed by atoms with Gasteiger partial charge in [0.1, 0.15) is 5.75 Å². The number of halogens is 1. The van der Waals surface area contributed by atoms with Crippen LogP contribution in [0.4, 0.5) is 0 Å². The molecule has 0 aliphatic rings. The van der Waals surface area contributed by atoms with E-state index in [1.807, 2.05) is 6.92 Å². The lowest BCUT2D eigenvalue weighted by molar-refractivity contribution is -0.134. The molecule has 0 heterocycles. The van der Waals surface area contributed by atoms with Crippen LogP contribution < -0.4 is 4.74 Å². The fourth-order valence-corrected chi connectivity index (χ4v) is 2.30. The molecule has 0 spiro atoms. The molecule has 0 aromatic heterocycles. The lowest BCUT2D eigenvalue weighted by atomic mass is 10.0. The van der Waals surface area contributed by atoms with Crippen molar-refractivity contribution < 1.29 is 9.53 Å². The lowest BCUT2D eigenvalue weighted by Gasteiger charge is -2.08. The minimum absolute atomic E-state index is 0.227. The van der Waals surface area contributed by atoms with Gasteiger partial charge in [-0.05, 0) is 54.2 Å². The normalized spacial score (nSPS) is 10.8. The van der Waals surface area contributed by atoms with E-state index >= 15 is 0 Å². The van der Waals surface area contributed by atoms with Crippen LogP contribution in [0.15, 0.2) is 42.5 Å². The monoisotopic (exact) mass is 316 g/mol. The van der Waals surface area contributed by atoms with Crippen molar-refractivity contribution in [2.24, 2.45) is 0 Å². The van der Waals surface area contributed by atoms with E-state index in [1.54, 1.807) is 18.2 Å². The van der Waals surface area contributed by atoms with Crippen molar-refractivity contribution in [1.29, 1.82) is 0 Å². The van der Waals surface area contributed by atoms with Crippen LogP contribution in [0.2, 0.25) is 5.02 Å². The van der Waals surface area contributed by atoms with Crippen molar-refractivity contribution in [3.8, 4) is 5.75 Å². The van der Waals surface area contributed by atoms with Gasteiger partial charge in [0.25, 0.3) is 0 Å². The topological polar surface area (TPSA) is 26.3 Å². The highest BCUT2D eigenvalue weighted by Gasteiger charge is 2.07. The molecule has 2 aromatic carbocycles. The van der Waals surface area contributed by atoms with Gasteiger partial charge in [-0.2, -0.15) is 0 Å². The summed E-state index contributed by atoms with van der Waals surface area (Å²) in [6.07, 6.45) is 1.05. The average molecular weight is 317 g/mol. The van der Waals surface area contributed by atoms with Crippen LogP contribution in [0, 0.1) is 6.92 Å². The van der Waals surface area contributed by atoms with Gasteiger partial charge in [-0.15, -0.1) is 0 Å². The first-order valence-electron chi connectivity index (χ1n) is 7.51. The zero-order valence-corrected chi connectivity index (χ0v) is 14.0. The summed E-state index contributed by atoms with van der Waals surface area (Å²) in [5.41, 5.74) is 3.35. The fourth-order valence-electron chi connectivity index (χ4n) is 2.18. The zero-order chi connectivity index (χ0) is 16.1. The molecule has 0 atom stereocenters. The molecule has 0 unspecified atom stereocenters. The Bertz CT molecular complexity index is 645. The van der Waals surface area contributed by atoms with Crippen LogP contribution in [0.5, 0.6) is 5.75 Å². The summed E-state index contributed by atoms with van der Waals surface area (Å²) in [6.45, 7) is 6.22. The number of ether oxygens (including phenoxy) is 1. The van der Waals surface area contributed by atoms with Crippen LogP contribution in [0.25, 0.3) is 0 Å². The average Bonchev–Trinajstić information content (AvgIpc) is 2.49. The summed E-state index contributed by atoms with van der Waals surface area (Å²) in [7, 11) is 0. The van der Waals surface area contributed by atoms with E-state index in [0.29, 0.717) is 29.5 Å². The quantitative estimate of drug-likeness (QED) is 0.552. The molecule has 3 heteroatoms. The minimum Gasteiger partial charge on any atom is -0.427 e. The number of carbonyl (C=O) groups excluding carboxylic acids is 1. The Hall–Kier alpha value is -1.80. The molecule has 22 heavy (non-hydrogen) atoms. The minimum atomic E-state index is -0.227. The van der Waals surface area contributed by atoms with Crippen LogP contribution in [0.1, 0.15) is 42.9 Å². The highest BCUT2D eigenvalue weighted by atomic mass is 35.5. The van der Waals surface area contributed by atoms with Crippen molar-refractivity contribution >= 4 is 17.6 Å². The maximum Gasteiger partial charge on any atom is 0.311 e. The van der Waals surface area contributed by atoms with Gasteiger partial charge < -0.3 is 4.74 Å². The maximum atomic E-state index is 11.9. The van der Waals surface area contributed by atoms with E-state index in [2.05, 4.69) is 38.1 Å². The summed E-state index contributed by atoms with van der Waals surface area (Å²) in [6, 6.07) is 13.6. The van der Waals surface area contributed by atoms with E-state index in [-0.39, 0.29) is 5.97 Å². The third kappa shape index (κ3) is 4.60. The molecule has 0 bridgehead atoms. The van der Waals surface area contributed by atoms with Crippen molar-refractivity contribution in [2.45, 2.75) is 39.5 Å². The van der Waals surface area contributed by atoms with E-state index < -0.39 is 0 Å². The SMILES string of the molecule is Cc1cc(OC(=O)CCc2ccc(C(C)C)cc2)ccc1Cl. The van der Waals surface area contributed by atoms with Gasteiger partial charge in [0.15, 0.2) is 0 Å². The maximum absolute atomic E-state index is 11.9. The first kappa shape index (κ1) is 16.6. The van der Waals surface area contributed by atoms with Crippen molar-refractivity contribution in [2.75, 3.05) is 0 Å². The molecular weight excluding hydrogens is 296 g/mol. The number of carbonyl (C=O) groups is 1. The third-order valence-corrected chi connectivity index (χ3v) is 4.05. The first-order chi connectivity index (χ1) is 10.5. The number of hydrogen-bond donors (Lipinski definition) is 0. The van der Waals surface area contributed by atoms with E-state index in [1.165, 1.54) is 5.56 Å². The Balaban J connectivity index is 1.88. The predicted octanol–water partition coefficient (Wildman–Crippen LogP) is 5.31. The summed E-state index contributed by atoms with van der Waals surface area (Å²) >= 11 is 5.95. The Morgan fingerprint density at radius 2 is 1.82 bits per heavy atom. The molecule has 0 aliphatic heterocycles. The van der Waals surface area contributed by atoms with E-state index in [9.17, 15) is 4.79 Å². The molecule has 2 rings (SSSR count). The third-order valence-electron chi connectivity index (χ3n) is 3.63. The molecule has 2 nitrogen and oxygen atoms in total.